The minimum atomic E-state index is 0.0820. The standard InChI is InChI=1S/C18H24N2O2S/c1-10-11(2)23-17(19-16(21)12-6-7-12)15(10)18(22)20-8-13-4-3-5-14(13)9-20/h12-14H,3-9H2,1-2H3,(H,19,21). The lowest BCUT2D eigenvalue weighted by atomic mass is 10.0. The van der Waals surface area contributed by atoms with Gasteiger partial charge in [-0.3, -0.25) is 9.59 Å². The summed E-state index contributed by atoms with van der Waals surface area (Å²) in [6.07, 6.45) is 5.81. The molecule has 1 aromatic heterocycles. The Morgan fingerprint density at radius 2 is 1.74 bits per heavy atom. The van der Waals surface area contributed by atoms with E-state index in [1.54, 1.807) is 11.3 Å². The summed E-state index contributed by atoms with van der Waals surface area (Å²) < 4.78 is 0. The van der Waals surface area contributed by atoms with Gasteiger partial charge in [-0.1, -0.05) is 6.42 Å². The molecule has 124 valence electrons. The van der Waals surface area contributed by atoms with Crippen molar-refractivity contribution >= 4 is 28.2 Å². The SMILES string of the molecule is Cc1sc(NC(=O)C2CC2)c(C(=O)N2CC3CCCC3C2)c1C. The van der Waals surface area contributed by atoms with Gasteiger partial charge in [-0.15, -0.1) is 11.3 Å². The quantitative estimate of drug-likeness (QED) is 0.919. The van der Waals surface area contributed by atoms with Crippen molar-refractivity contribution in [3.63, 3.8) is 0 Å². The molecule has 2 aliphatic carbocycles. The van der Waals surface area contributed by atoms with E-state index < -0.39 is 0 Å². The Hall–Kier alpha value is -1.36. The third kappa shape index (κ3) is 2.69. The predicted molar refractivity (Wildman–Crippen MR) is 91.9 cm³/mol. The van der Waals surface area contributed by atoms with Gasteiger partial charge in [0, 0.05) is 23.9 Å². The van der Waals surface area contributed by atoms with Crippen molar-refractivity contribution in [1.29, 1.82) is 0 Å². The lowest BCUT2D eigenvalue weighted by Gasteiger charge is -2.18. The van der Waals surface area contributed by atoms with E-state index >= 15 is 0 Å². The third-order valence-electron chi connectivity index (χ3n) is 5.80. The highest BCUT2D eigenvalue weighted by Gasteiger charge is 2.39. The largest absolute Gasteiger partial charge is 0.338 e. The van der Waals surface area contributed by atoms with Crippen molar-refractivity contribution in [2.75, 3.05) is 18.4 Å². The highest BCUT2D eigenvalue weighted by Crippen LogP contribution is 2.41. The number of aryl methyl sites for hydroxylation is 1. The smallest absolute Gasteiger partial charge is 0.257 e. The first-order valence-electron chi connectivity index (χ1n) is 8.74. The van der Waals surface area contributed by atoms with Crippen molar-refractivity contribution in [2.45, 2.75) is 46.0 Å². The summed E-state index contributed by atoms with van der Waals surface area (Å²) in [5.74, 6) is 1.75. The van der Waals surface area contributed by atoms with Crippen molar-refractivity contribution in [3.8, 4) is 0 Å². The maximum atomic E-state index is 13.1. The van der Waals surface area contributed by atoms with E-state index in [4.69, 9.17) is 0 Å². The number of nitrogens with zero attached hydrogens (tertiary/aromatic N) is 1. The molecule has 1 aliphatic heterocycles. The van der Waals surface area contributed by atoms with Gasteiger partial charge in [-0.25, -0.2) is 0 Å². The first-order chi connectivity index (χ1) is 11.0. The van der Waals surface area contributed by atoms with E-state index in [1.807, 2.05) is 18.7 Å². The molecular weight excluding hydrogens is 308 g/mol. The summed E-state index contributed by atoms with van der Waals surface area (Å²) >= 11 is 1.54. The number of rotatable bonds is 3. The first kappa shape index (κ1) is 15.2. The number of hydrogen-bond donors (Lipinski definition) is 1. The molecular formula is C18H24N2O2S. The van der Waals surface area contributed by atoms with Gasteiger partial charge in [0.05, 0.1) is 5.56 Å². The summed E-state index contributed by atoms with van der Waals surface area (Å²) in [7, 11) is 0. The molecule has 2 unspecified atom stereocenters. The van der Waals surface area contributed by atoms with E-state index in [2.05, 4.69) is 5.32 Å². The Balaban J connectivity index is 1.57. The van der Waals surface area contributed by atoms with Gasteiger partial charge in [-0.05, 0) is 56.9 Å². The molecule has 3 fully saturated rings. The van der Waals surface area contributed by atoms with Crippen molar-refractivity contribution < 1.29 is 9.59 Å². The van der Waals surface area contributed by atoms with Gasteiger partial charge in [0.25, 0.3) is 5.91 Å². The first-order valence-corrected chi connectivity index (χ1v) is 9.56. The van der Waals surface area contributed by atoms with Crippen LogP contribution in [-0.2, 0) is 4.79 Å². The van der Waals surface area contributed by atoms with Crippen LogP contribution in [0.5, 0.6) is 0 Å². The average Bonchev–Trinajstić information content (AvgIpc) is 3.05. The summed E-state index contributed by atoms with van der Waals surface area (Å²) in [5.41, 5.74) is 1.77. The molecule has 2 amide bonds. The van der Waals surface area contributed by atoms with Gasteiger partial charge < -0.3 is 10.2 Å². The third-order valence-corrected chi connectivity index (χ3v) is 6.92. The summed E-state index contributed by atoms with van der Waals surface area (Å²) in [6.45, 7) is 5.83. The molecule has 5 heteroatoms. The molecule has 0 aromatic carbocycles. The molecule has 4 nitrogen and oxygen atoms in total. The molecule has 0 spiro atoms. The minimum Gasteiger partial charge on any atom is -0.338 e. The van der Waals surface area contributed by atoms with E-state index in [0.717, 1.165) is 46.9 Å². The Kier molecular flexibility index (Phi) is 3.71. The number of hydrogen-bond acceptors (Lipinski definition) is 3. The zero-order valence-corrected chi connectivity index (χ0v) is 14.7. The van der Waals surface area contributed by atoms with Crippen LogP contribution in [0.4, 0.5) is 5.00 Å². The highest BCUT2D eigenvalue weighted by molar-refractivity contribution is 7.16. The number of carbonyl (C=O) groups is 2. The lowest BCUT2D eigenvalue weighted by Crippen LogP contribution is -2.30. The molecule has 4 rings (SSSR count). The Morgan fingerprint density at radius 3 is 2.35 bits per heavy atom. The van der Waals surface area contributed by atoms with Gasteiger partial charge >= 0.3 is 0 Å². The second kappa shape index (κ2) is 5.62. The average molecular weight is 332 g/mol. The summed E-state index contributed by atoms with van der Waals surface area (Å²) in [6, 6.07) is 0. The van der Waals surface area contributed by atoms with Crippen LogP contribution >= 0.6 is 11.3 Å². The number of anilines is 1. The van der Waals surface area contributed by atoms with Gasteiger partial charge in [0.15, 0.2) is 0 Å². The Morgan fingerprint density at radius 1 is 1.09 bits per heavy atom. The summed E-state index contributed by atoms with van der Waals surface area (Å²) in [4.78, 5) is 28.4. The van der Waals surface area contributed by atoms with E-state index in [-0.39, 0.29) is 17.7 Å². The van der Waals surface area contributed by atoms with Crippen LogP contribution in [0.2, 0.25) is 0 Å². The molecule has 1 aromatic rings. The summed E-state index contributed by atoms with van der Waals surface area (Å²) in [5, 5.41) is 3.78. The molecule has 1 N–H and O–H groups in total. The fourth-order valence-corrected chi connectivity index (χ4v) is 5.15. The van der Waals surface area contributed by atoms with E-state index in [1.165, 1.54) is 19.3 Å². The maximum Gasteiger partial charge on any atom is 0.257 e. The Bertz CT molecular complexity index is 650. The van der Waals surface area contributed by atoms with E-state index in [9.17, 15) is 9.59 Å². The molecule has 3 aliphatic rings. The number of thiophene rings is 1. The zero-order chi connectivity index (χ0) is 16.1. The van der Waals surface area contributed by atoms with E-state index in [0.29, 0.717) is 11.8 Å². The fraction of sp³-hybridized carbons (Fsp3) is 0.667. The van der Waals surface area contributed by atoms with Crippen molar-refractivity contribution in [2.24, 2.45) is 17.8 Å². The molecule has 2 atom stereocenters. The van der Waals surface area contributed by atoms with Crippen LogP contribution < -0.4 is 5.32 Å². The van der Waals surface area contributed by atoms with Crippen LogP contribution in [0.1, 0.15) is 52.9 Å². The number of carbonyl (C=O) groups excluding carboxylic acids is 2. The van der Waals surface area contributed by atoms with Crippen LogP contribution in [0.25, 0.3) is 0 Å². The molecule has 0 bridgehead atoms. The topological polar surface area (TPSA) is 49.4 Å². The van der Waals surface area contributed by atoms with Gasteiger partial charge in [0.1, 0.15) is 5.00 Å². The molecule has 1 saturated heterocycles. The maximum absolute atomic E-state index is 13.1. The normalized spacial score (nSPS) is 26.4. The molecule has 2 heterocycles. The predicted octanol–water partition coefficient (Wildman–Crippen LogP) is 3.59. The lowest BCUT2D eigenvalue weighted by molar-refractivity contribution is -0.117. The van der Waals surface area contributed by atoms with Crippen LogP contribution in [0.3, 0.4) is 0 Å². The second-order valence-corrected chi connectivity index (χ2v) is 8.64. The monoisotopic (exact) mass is 332 g/mol. The Labute approximate surface area is 141 Å². The van der Waals surface area contributed by atoms with Crippen molar-refractivity contribution in [3.05, 3.63) is 16.0 Å². The second-order valence-electron chi connectivity index (χ2n) is 7.41. The number of fused-ring (bicyclic) bond motifs is 1. The van der Waals surface area contributed by atoms with Crippen LogP contribution in [-0.4, -0.2) is 29.8 Å². The number of likely N-dealkylation sites (tertiary alicyclic amines) is 1. The van der Waals surface area contributed by atoms with Gasteiger partial charge in [0.2, 0.25) is 5.91 Å². The molecule has 23 heavy (non-hydrogen) atoms. The minimum absolute atomic E-state index is 0.0820. The zero-order valence-electron chi connectivity index (χ0n) is 13.9. The van der Waals surface area contributed by atoms with Crippen LogP contribution in [0.15, 0.2) is 0 Å². The number of amides is 2. The van der Waals surface area contributed by atoms with Crippen LogP contribution in [0, 0.1) is 31.6 Å². The van der Waals surface area contributed by atoms with Crippen molar-refractivity contribution in [1.82, 2.24) is 4.90 Å². The fourth-order valence-electron chi connectivity index (χ4n) is 4.09. The molecule has 0 radical (unpaired) electrons. The molecule has 2 saturated carbocycles. The van der Waals surface area contributed by atoms with Gasteiger partial charge in [-0.2, -0.15) is 0 Å². The highest BCUT2D eigenvalue weighted by atomic mass is 32.1. The number of nitrogens with one attached hydrogen (secondary N) is 1.